The molecule has 0 aromatic heterocycles. The predicted octanol–water partition coefficient (Wildman–Crippen LogP) is 14.7. The summed E-state index contributed by atoms with van der Waals surface area (Å²) >= 11 is 0. The molecule has 0 aliphatic heterocycles. The lowest BCUT2D eigenvalue weighted by molar-refractivity contribution is 0.533. The zero-order valence-corrected chi connectivity index (χ0v) is 34.6. The number of unbranched alkanes of at least 4 members (excludes halogenated alkanes) is 17. The summed E-state index contributed by atoms with van der Waals surface area (Å²) in [6.07, 6.45) is 33.8. The fraction of sp³-hybridized carbons (Fsp3) is 0.538. The lowest BCUT2D eigenvalue weighted by Crippen LogP contribution is -1.99. The van der Waals surface area contributed by atoms with Crippen LogP contribution in [0.15, 0.2) is 84.9 Å². The van der Waals surface area contributed by atoms with Gasteiger partial charge in [0.1, 0.15) is 0 Å². The highest BCUT2D eigenvalue weighted by molar-refractivity contribution is 5.47. The molecule has 0 radical (unpaired) electrons. The molecule has 0 amide bonds. The Kier molecular flexibility index (Phi) is 21.1. The van der Waals surface area contributed by atoms with Crippen LogP contribution in [0.2, 0.25) is 0 Å². The van der Waals surface area contributed by atoms with E-state index in [4.69, 9.17) is 11.5 Å². The van der Waals surface area contributed by atoms with Crippen LogP contribution in [0.25, 0.3) is 0 Å². The number of benzene rings is 4. The van der Waals surface area contributed by atoms with Gasteiger partial charge in [0.25, 0.3) is 0 Å². The normalized spacial score (nSPS) is 11.4. The second-order valence-corrected chi connectivity index (χ2v) is 16.4. The number of rotatable bonds is 29. The lowest BCUT2D eigenvalue weighted by Gasteiger charge is -2.11. The Bertz CT molecular complexity index is 1430. The number of nitrogens with two attached hydrogens (primary N) is 2. The fourth-order valence-electron chi connectivity index (χ4n) is 8.10. The molecule has 0 atom stereocenters. The summed E-state index contributed by atoms with van der Waals surface area (Å²) < 4.78 is 0. The molecule has 0 aliphatic carbocycles. The third kappa shape index (κ3) is 17.3. The molecular formula is C52H76N2. The smallest absolute Gasteiger partial charge is 0.0316 e. The molecule has 0 spiro atoms. The maximum absolute atomic E-state index is 6.11. The Balaban J connectivity index is 0.947. The number of hydrogen-bond donors (Lipinski definition) is 2. The molecule has 4 rings (SSSR count). The van der Waals surface area contributed by atoms with Crippen LogP contribution in [0.3, 0.4) is 0 Å². The molecule has 2 heteroatoms. The van der Waals surface area contributed by atoms with Gasteiger partial charge in [-0.05, 0) is 133 Å². The Labute approximate surface area is 332 Å². The first-order valence-corrected chi connectivity index (χ1v) is 22.4. The molecule has 294 valence electrons. The average Bonchev–Trinajstić information content (AvgIpc) is 3.18. The van der Waals surface area contributed by atoms with Crippen LogP contribution in [-0.2, 0) is 38.5 Å². The minimum absolute atomic E-state index is 0.889. The van der Waals surface area contributed by atoms with E-state index in [1.807, 2.05) is 0 Å². The Morgan fingerprint density at radius 2 is 0.593 bits per heavy atom. The molecule has 0 fully saturated rings. The molecule has 0 saturated heterocycles. The third-order valence-electron chi connectivity index (χ3n) is 11.6. The highest BCUT2D eigenvalue weighted by Gasteiger charge is 2.07. The minimum atomic E-state index is 0.889. The van der Waals surface area contributed by atoms with Gasteiger partial charge in [0.05, 0.1) is 0 Å². The molecule has 4 aromatic carbocycles. The Hall–Kier alpha value is -3.52. The number of hydrogen-bond acceptors (Lipinski definition) is 2. The maximum atomic E-state index is 6.11. The zero-order valence-electron chi connectivity index (χ0n) is 34.6. The van der Waals surface area contributed by atoms with E-state index in [2.05, 4.69) is 98.8 Å². The zero-order chi connectivity index (χ0) is 38.1. The molecule has 4 aromatic rings. The highest BCUT2D eigenvalue weighted by Crippen LogP contribution is 2.23. The van der Waals surface area contributed by atoms with Gasteiger partial charge in [0.15, 0.2) is 0 Å². The standard InChI is InChI=1S/C52H76N2/c1-3-5-19-25-47-41-51(53)37-35-49(47)39-45-31-27-43(28-32-45)23-21-17-15-13-11-9-7-8-10-12-14-16-18-22-24-44-29-33-46(34-30-44)40-50-36-38-52(54)42-48(50)26-20-6-4-2/h27-38,41-42H,3-26,39-40,53-54H2,1-2H3. The first-order chi connectivity index (χ1) is 26.5. The molecule has 0 unspecified atom stereocenters. The van der Waals surface area contributed by atoms with Gasteiger partial charge in [-0.3, -0.25) is 0 Å². The molecular weight excluding hydrogens is 653 g/mol. The van der Waals surface area contributed by atoms with Crippen molar-refractivity contribution in [2.45, 2.75) is 181 Å². The summed E-state index contributed by atoms with van der Waals surface area (Å²) in [4.78, 5) is 0. The van der Waals surface area contributed by atoms with Gasteiger partial charge in [-0.25, -0.2) is 0 Å². The van der Waals surface area contributed by atoms with Crippen LogP contribution in [-0.4, -0.2) is 0 Å². The molecule has 0 heterocycles. The van der Waals surface area contributed by atoms with E-state index in [-0.39, 0.29) is 0 Å². The first-order valence-electron chi connectivity index (χ1n) is 22.4. The van der Waals surface area contributed by atoms with Gasteiger partial charge in [-0.15, -0.1) is 0 Å². The second kappa shape index (κ2) is 26.3. The topological polar surface area (TPSA) is 52.0 Å². The van der Waals surface area contributed by atoms with Crippen LogP contribution >= 0.6 is 0 Å². The molecule has 0 bridgehead atoms. The molecule has 0 saturated carbocycles. The van der Waals surface area contributed by atoms with Crippen molar-refractivity contribution in [2.24, 2.45) is 0 Å². The van der Waals surface area contributed by atoms with E-state index < -0.39 is 0 Å². The predicted molar refractivity (Wildman–Crippen MR) is 239 cm³/mol. The van der Waals surface area contributed by atoms with Gasteiger partial charge < -0.3 is 11.5 Å². The quantitative estimate of drug-likeness (QED) is 0.0432. The highest BCUT2D eigenvalue weighted by atomic mass is 14.5. The van der Waals surface area contributed by atoms with Gasteiger partial charge in [0.2, 0.25) is 0 Å². The van der Waals surface area contributed by atoms with Gasteiger partial charge >= 0.3 is 0 Å². The van der Waals surface area contributed by atoms with Crippen molar-refractivity contribution in [3.8, 4) is 0 Å². The van der Waals surface area contributed by atoms with Crippen molar-refractivity contribution in [2.75, 3.05) is 11.5 Å². The van der Waals surface area contributed by atoms with Gasteiger partial charge in [-0.1, -0.05) is 177 Å². The SMILES string of the molecule is CCCCCc1cc(N)ccc1Cc1ccc(CCCCCCCCCCCCCCCCc2ccc(Cc3ccc(N)cc3CCCCC)cc2)cc1. The molecule has 2 nitrogen and oxygen atoms in total. The van der Waals surface area contributed by atoms with Crippen LogP contribution in [0.5, 0.6) is 0 Å². The van der Waals surface area contributed by atoms with E-state index in [0.717, 1.165) is 37.1 Å². The van der Waals surface area contributed by atoms with Crippen LogP contribution in [0, 0.1) is 0 Å². The summed E-state index contributed by atoms with van der Waals surface area (Å²) in [6.45, 7) is 4.53. The largest absolute Gasteiger partial charge is 0.399 e. The number of aryl methyl sites for hydroxylation is 4. The van der Waals surface area contributed by atoms with Crippen molar-refractivity contribution >= 4 is 11.4 Å². The summed E-state index contributed by atoms with van der Waals surface area (Å²) in [5, 5.41) is 0. The van der Waals surface area contributed by atoms with Crippen molar-refractivity contribution in [1.82, 2.24) is 0 Å². The molecule has 54 heavy (non-hydrogen) atoms. The number of nitrogen functional groups attached to an aromatic ring is 2. The first kappa shape index (κ1) is 43.2. The Morgan fingerprint density at radius 1 is 0.296 bits per heavy atom. The van der Waals surface area contributed by atoms with E-state index in [1.165, 1.54) is 186 Å². The molecule has 4 N–H and O–H groups in total. The van der Waals surface area contributed by atoms with E-state index >= 15 is 0 Å². The van der Waals surface area contributed by atoms with E-state index in [9.17, 15) is 0 Å². The van der Waals surface area contributed by atoms with Gasteiger partial charge in [0, 0.05) is 11.4 Å². The lowest BCUT2D eigenvalue weighted by atomic mass is 9.95. The Morgan fingerprint density at radius 3 is 0.926 bits per heavy atom. The third-order valence-corrected chi connectivity index (χ3v) is 11.6. The summed E-state index contributed by atoms with van der Waals surface area (Å²) in [7, 11) is 0. The summed E-state index contributed by atoms with van der Waals surface area (Å²) in [5.41, 5.74) is 25.5. The van der Waals surface area contributed by atoms with Crippen molar-refractivity contribution in [3.05, 3.63) is 129 Å². The second-order valence-electron chi connectivity index (χ2n) is 16.4. The van der Waals surface area contributed by atoms with E-state index in [0.29, 0.717) is 0 Å². The summed E-state index contributed by atoms with van der Waals surface area (Å²) in [5.74, 6) is 0. The van der Waals surface area contributed by atoms with Crippen LogP contribution in [0.4, 0.5) is 11.4 Å². The molecule has 0 aliphatic rings. The average molecular weight is 729 g/mol. The van der Waals surface area contributed by atoms with Crippen molar-refractivity contribution in [1.29, 1.82) is 0 Å². The fourth-order valence-corrected chi connectivity index (χ4v) is 8.10. The van der Waals surface area contributed by atoms with Gasteiger partial charge in [-0.2, -0.15) is 0 Å². The van der Waals surface area contributed by atoms with Crippen molar-refractivity contribution < 1.29 is 0 Å². The monoisotopic (exact) mass is 729 g/mol. The van der Waals surface area contributed by atoms with Crippen molar-refractivity contribution in [3.63, 3.8) is 0 Å². The van der Waals surface area contributed by atoms with Crippen LogP contribution < -0.4 is 11.5 Å². The summed E-state index contributed by atoms with van der Waals surface area (Å²) in [6, 6.07) is 31.8. The minimum Gasteiger partial charge on any atom is -0.399 e. The maximum Gasteiger partial charge on any atom is 0.0316 e. The van der Waals surface area contributed by atoms with Crippen LogP contribution in [0.1, 0.15) is 187 Å². The number of anilines is 2. The van der Waals surface area contributed by atoms with E-state index in [1.54, 1.807) is 0 Å².